The predicted molar refractivity (Wildman–Crippen MR) is 81.2 cm³/mol. The van der Waals surface area contributed by atoms with Gasteiger partial charge >= 0.3 is 0 Å². The van der Waals surface area contributed by atoms with Crippen LogP contribution in [0.3, 0.4) is 0 Å². The quantitative estimate of drug-likeness (QED) is 0.737. The molecule has 0 aliphatic rings. The minimum absolute atomic E-state index is 0.433. The van der Waals surface area contributed by atoms with E-state index in [1.807, 2.05) is 0 Å². The molecule has 1 aromatic carbocycles. The van der Waals surface area contributed by atoms with Gasteiger partial charge in [-0.3, -0.25) is 0 Å². The molecule has 0 saturated carbocycles. The maximum atomic E-state index is 3.98. The molecule has 18 heavy (non-hydrogen) atoms. The van der Waals surface area contributed by atoms with Crippen molar-refractivity contribution in [1.82, 2.24) is 5.32 Å². The van der Waals surface area contributed by atoms with E-state index in [0.29, 0.717) is 6.04 Å². The summed E-state index contributed by atoms with van der Waals surface area (Å²) in [6, 6.07) is 9.24. The van der Waals surface area contributed by atoms with E-state index in [-0.39, 0.29) is 0 Å². The minimum atomic E-state index is 0.433. The number of benzene rings is 1. The first-order valence-corrected chi connectivity index (χ1v) is 6.69. The minimum Gasteiger partial charge on any atom is -0.378 e. The lowest BCUT2D eigenvalue weighted by Crippen LogP contribution is -2.21. The predicted octanol–water partition coefficient (Wildman–Crippen LogP) is 3.76. The zero-order valence-corrected chi connectivity index (χ0v) is 12.2. The van der Waals surface area contributed by atoms with Crippen LogP contribution < -0.4 is 10.2 Å². The summed E-state index contributed by atoms with van der Waals surface area (Å²) in [6.45, 7) is 9.23. The van der Waals surface area contributed by atoms with E-state index >= 15 is 0 Å². The van der Waals surface area contributed by atoms with E-state index in [0.717, 1.165) is 19.4 Å². The van der Waals surface area contributed by atoms with Crippen molar-refractivity contribution >= 4 is 5.69 Å². The van der Waals surface area contributed by atoms with E-state index in [1.165, 1.54) is 16.8 Å². The lowest BCUT2D eigenvalue weighted by molar-refractivity contribution is 0.515. The Hall–Kier alpha value is -1.28. The van der Waals surface area contributed by atoms with Gasteiger partial charge in [0.1, 0.15) is 0 Å². The Morgan fingerprint density at radius 3 is 2.33 bits per heavy atom. The third-order valence-electron chi connectivity index (χ3n) is 3.12. The van der Waals surface area contributed by atoms with E-state index in [1.54, 1.807) is 0 Å². The van der Waals surface area contributed by atoms with Gasteiger partial charge in [0.15, 0.2) is 0 Å². The van der Waals surface area contributed by atoms with Crippen molar-refractivity contribution in [1.29, 1.82) is 0 Å². The van der Waals surface area contributed by atoms with E-state index < -0.39 is 0 Å². The third kappa shape index (κ3) is 4.53. The fourth-order valence-electron chi connectivity index (χ4n) is 2.03. The van der Waals surface area contributed by atoms with Crippen LogP contribution in [0.15, 0.2) is 36.4 Å². The molecule has 0 saturated heterocycles. The molecular weight excluding hydrogens is 220 g/mol. The highest BCUT2D eigenvalue weighted by Crippen LogP contribution is 2.22. The number of nitrogens with zero attached hydrogens (tertiary/aromatic N) is 1. The Morgan fingerprint density at radius 1 is 1.28 bits per heavy atom. The summed E-state index contributed by atoms with van der Waals surface area (Å²) in [5.41, 5.74) is 3.86. The van der Waals surface area contributed by atoms with Gasteiger partial charge in [0.25, 0.3) is 0 Å². The fraction of sp³-hybridized carbons (Fsp3) is 0.500. The van der Waals surface area contributed by atoms with Crippen LogP contribution >= 0.6 is 0 Å². The van der Waals surface area contributed by atoms with Crippen molar-refractivity contribution in [3.8, 4) is 0 Å². The Labute approximate surface area is 112 Å². The van der Waals surface area contributed by atoms with Crippen molar-refractivity contribution in [3.63, 3.8) is 0 Å². The summed E-state index contributed by atoms with van der Waals surface area (Å²) in [5, 5.41) is 3.55. The number of anilines is 1. The molecule has 1 aromatic rings. The Kier molecular flexibility index (Phi) is 5.93. The van der Waals surface area contributed by atoms with Crippen molar-refractivity contribution in [3.05, 3.63) is 42.0 Å². The van der Waals surface area contributed by atoms with Gasteiger partial charge in [0.2, 0.25) is 0 Å². The maximum absolute atomic E-state index is 3.98. The molecular formula is C16H26N2. The molecule has 1 N–H and O–H groups in total. The first-order chi connectivity index (χ1) is 8.54. The highest BCUT2D eigenvalue weighted by Gasteiger charge is 2.10. The summed E-state index contributed by atoms with van der Waals surface area (Å²) in [4.78, 5) is 2.12. The first-order valence-electron chi connectivity index (χ1n) is 6.69. The van der Waals surface area contributed by atoms with Gasteiger partial charge in [-0.15, -0.1) is 6.58 Å². The molecule has 0 aliphatic heterocycles. The molecule has 0 spiro atoms. The van der Waals surface area contributed by atoms with Crippen LogP contribution in [0.25, 0.3) is 0 Å². The lowest BCUT2D eigenvalue weighted by atomic mass is 9.99. The standard InChI is InChI=1S/C16H26N2/c1-6-17-16(12-7-13(2)3)14-8-10-15(11-9-14)18(4)5/h8-11,16-17H,2,6-7,12H2,1,3-5H3. The molecule has 1 unspecified atom stereocenters. The fourth-order valence-corrected chi connectivity index (χ4v) is 2.03. The molecule has 0 bridgehead atoms. The summed E-state index contributed by atoms with van der Waals surface area (Å²) < 4.78 is 0. The zero-order valence-electron chi connectivity index (χ0n) is 12.2. The van der Waals surface area contributed by atoms with E-state index in [4.69, 9.17) is 0 Å². The number of hydrogen-bond donors (Lipinski definition) is 1. The number of nitrogens with one attached hydrogen (secondary N) is 1. The molecule has 2 nitrogen and oxygen atoms in total. The maximum Gasteiger partial charge on any atom is 0.0361 e. The second-order valence-electron chi connectivity index (χ2n) is 5.09. The average Bonchev–Trinajstić information content (AvgIpc) is 2.34. The molecule has 1 rings (SSSR count). The molecule has 0 heterocycles. The molecule has 0 fully saturated rings. The highest BCUT2D eigenvalue weighted by atomic mass is 15.1. The Morgan fingerprint density at radius 2 is 1.89 bits per heavy atom. The van der Waals surface area contributed by atoms with Crippen molar-refractivity contribution in [2.75, 3.05) is 25.5 Å². The number of rotatable bonds is 7. The largest absolute Gasteiger partial charge is 0.378 e. The SMILES string of the molecule is C=C(C)CCC(NCC)c1ccc(N(C)C)cc1. The first kappa shape index (κ1) is 14.8. The molecule has 0 amide bonds. The Balaban J connectivity index is 2.75. The number of hydrogen-bond acceptors (Lipinski definition) is 2. The van der Waals surface area contributed by atoms with Gasteiger partial charge in [-0.1, -0.05) is 24.6 Å². The van der Waals surface area contributed by atoms with Crippen molar-refractivity contribution in [2.45, 2.75) is 32.7 Å². The van der Waals surface area contributed by atoms with Gasteiger partial charge in [0, 0.05) is 25.8 Å². The highest BCUT2D eigenvalue weighted by molar-refractivity contribution is 5.46. The lowest BCUT2D eigenvalue weighted by Gasteiger charge is -2.20. The topological polar surface area (TPSA) is 15.3 Å². The van der Waals surface area contributed by atoms with Crippen LogP contribution in [0.5, 0.6) is 0 Å². The third-order valence-corrected chi connectivity index (χ3v) is 3.12. The van der Waals surface area contributed by atoms with Gasteiger partial charge in [-0.2, -0.15) is 0 Å². The van der Waals surface area contributed by atoms with E-state index in [9.17, 15) is 0 Å². The smallest absolute Gasteiger partial charge is 0.0361 e. The molecule has 2 heteroatoms. The van der Waals surface area contributed by atoms with Crippen LogP contribution in [-0.4, -0.2) is 20.6 Å². The van der Waals surface area contributed by atoms with Crippen molar-refractivity contribution < 1.29 is 0 Å². The summed E-state index contributed by atoms with van der Waals surface area (Å²) in [7, 11) is 4.13. The molecule has 1 atom stereocenters. The summed E-state index contributed by atoms with van der Waals surface area (Å²) in [5.74, 6) is 0. The molecule has 0 aromatic heterocycles. The van der Waals surface area contributed by atoms with Gasteiger partial charge in [-0.05, 0) is 44.0 Å². The van der Waals surface area contributed by atoms with E-state index in [2.05, 4.69) is 69.0 Å². The Bertz CT molecular complexity index is 365. The summed E-state index contributed by atoms with van der Waals surface area (Å²) in [6.07, 6.45) is 2.19. The molecule has 0 radical (unpaired) electrons. The zero-order chi connectivity index (χ0) is 13.5. The van der Waals surface area contributed by atoms with Crippen LogP contribution in [-0.2, 0) is 0 Å². The number of allylic oxidation sites excluding steroid dienone is 1. The second-order valence-corrected chi connectivity index (χ2v) is 5.09. The van der Waals surface area contributed by atoms with Crippen LogP contribution in [0.2, 0.25) is 0 Å². The monoisotopic (exact) mass is 246 g/mol. The van der Waals surface area contributed by atoms with Gasteiger partial charge < -0.3 is 10.2 Å². The normalized spacial score (nSPS) is 12.2. The van der Waals surface area contributed by atoms with Gasteiger partial charge in [0.05, 0.1) is 0 Å². The van der Waals surface area contributed by atoms with Crippen LogP contribution in [0.1, 0.15) is 38.3 Å². The molecule has 100 valence electrons. The van der Waals surface area contributed by atoms with Crippen molar-refractivity contribution in [2.24, 2.45) is 0 Å². The summed E-state index contributed by atoms with van der Waals surface area (Å²) >= 11 is 0. The second kappa shape index (κ2) is 7.22. The van der Waals surface area contributed by atoms with Crippen LogP contribution in [0.4, 0.5) is 5.69 Å². The molecule has 0 aliphatic carbocycles. The van der Waals surface area contributed by atoms with Gasteiger partial charge in [-0.25, -0.2) is 0 Å². The average molecular weight is 246 g/mol. The van der Waals surface area contributed by atoms with Crippen LogP contribution in [0, 0.1) is 0 Å².